The lowest BCUT2D eigenvalue weighted by atomic mass is 10.1. The molecule has 1 heterocycles. The SMILES string of the molecule is CC(C)(C)OC(N)=O.O=C(CCCc1ccccc1F)N1CCC[C@H]1CO. The fraction of sp³-hybridized carbons (Fsp3) is 0.600. The van der Waals surface area contributed by atoms with Crippen LogP contribution in [0.25, 0.3) is 0 Å². The van der Waals surface area contributed by atoms with Gasteiger partial charge in [0.1, 0.15) is 11.4 Å². The summed E-state index contributed by atoms with van der Waals surface area (Å²) in [6.45, 7) is 6.07. The third-order valence-electron chi connectivity index (χ3n) is 4.11. The first-order valence-corrected chi connectivity index (χ1v) is 9.26. The lowest BCUT2D eigenvalue weighted by Gasteiger charge is -2.23. The quantitative estimate of drug-likeness (QED) is 0.819. The van der Waals surface area contributed by atoms with E-state index in [0.29, 0.717) is 24.8 Å². The van der Waals surface area contributed by atoms with Gasteiger partial charge in [-0.2, -0.15) is 0 Å². The zero-order valence-electron chi connectivity index (χ0n) is 16.4. The highest BCUT2D eigenvalue weighted by Gasteiger charge is 2.27. The summed E-state index contributed by atoms with van der Waals surface area (Å²) in [7, 11) is 0. The number of carbonyl (C=O) groups excluding carboxylic acids is 2. The number of ether oxygens (including phenoxy) is 1. The van der Waals surface area contributed by atoms with Crippen molar-refractivity contribution in [1.29, 1.82) is 0 Å². The van der Waals surface area contributed by atoms with Gasteiger partial charge in [-0.1, -0.05) is 18.2 Å². The molecule has 2 amide bonds. The first-order chi connectivity index (χ1) is 12.6. The summed E-state index contributed by atoms with van der Waals surface area (Å²) < 4.78 is 18.0. The topological polar surface area (TPSA) is 92.9 Å². The molecule has 152 valence electrons. The van der Waals surface area contributed by atoms with E-state index in [9.17, 15) is 19.1 Å². The Morgan fingerprint density at radius 3 is 2.52 bits per heavy atom. The number of hydrogen-bond acceptors (Lipinski definition) is 4. The van der Waals surface area contributed by atoms with Crippen LogP contribution in [0.4, 0.5) is 9.18 Å². The summed E-state index contributed by atoms with van der Waals surface area (Å²) in [5.74, 6) is -0.128. The smallest absolute Gasteiger partial charge is 0.405 e. The number of amides is 2. The number of aliphatic hydroxyl groups is 1. The van der Waals surface area contributed by atoms with Gasteiger partial charge in [-0.25, -0.2) is 9.18 Å². The molecule has 6 nitrogen and oxygen atoms in total. The van der Waals surface area contributed by atoms with Gasteiger partial charge in [-0.15, -0.1) is 0 Å². The Labute approximate surface area is 160 Å². The van der Waals surface area contributed by atoms with Crippen molar-refractivity contribution >= 4 is 12.0 Å². The lowest BCUT2D eigenvalue weighted by molar-refractivity contribution is -0.132. The summed E-state index contributed by atoms with van der Waals surface area (Å²) in [6, 6.07) is 6.66. The van der Waals surface area contributed by atoms with Crippen LogP contribution < -0.4 is 5.73 Å². The molecule has 27 heavy (non-hydrogen) atoms. The van der Waals surface area contributed by atoms with Gasteiger partial charge in [-0.3, -0.25) is 4.79 Å². The van der Waals surface area contributed by atoms with E-state index in [1.165, 1.54) is 6.07 Å². The molecule has 0 aromatic heterocycles. The molecule has 1 aromatic carbocycles. The molecule has 1 aliphatic heterocycles. The molecular formula is C20H31FN2O4. The molecule has 1 aromatic rings. The molecular weight excluding hydrogens is 351 g/mol. The number of nitrogens with zero attached hydrogens (tertiary/aromatic N) is 1. The minimum absolute atomic E-state index is 0.0130. The van der Waals surface area contributed by atoms with Crippen LogP contribution >= 0.6 is 0 Å². The normalized spacial score (nSPS) is 16.5. The van der Waals surface area contributed by atoms with Gasteiger partial charge in [0, 0.05) is 13.0 Å². The third kappa shape index (κ3) is 8.86. The van der Waals surface area contributed by atoms with E-state index < -0.39 is 11.7 Å². The van der Waals surface area contributed by atoms with Crippen LogP contribution in [0, 0.1) is 5.82 Å². The van der Waals surface area contributed by atoms with Crippen LogP contribution in [-0.2, 0) is 16.0 Å². The van der Waals surface area contributed by atoms with E-state index in [2.05, 4.69) is 4.74 Å². The average molecular weight is 382 g/mol. The second-order valence-electron chi connectivity index (χ2n) is 7.54. The lowest BCUT2D eigenvalue weighted by Crippen LogP contribution is -2.37. The Bertz CT molecular complexity index is 616. The number of halogens is 1. The van der Waals surface area contributed by atoms with Crippen molar-refractivity contribution in [3.8, 4) is 0 Å². The second-order valence-corrected chi connectivity index (χ2v) is 7.54. The molecule has 0 spiro atoms. The number of primary amides is 1. The van der Waals surface area contributed by atoms with Crippen LogP contribution in [0.15, 0.2) is 24.3 Å². The fourth-order valence-corrected chi connectivity index (χ4v) is 2.93. The predicted octanol–water partition coefficient (Wildman–Crippen LogP) is 3.01. The van der Waals surface area contributed by atoms with E-state index in [1.807, 2.05) is 6.07 Å². The maximum atomic E-state index is 13.4. The molecule has 1 aliphatic rings. The maximum absolute atomic E-state index is 13.4. The highest BCUT2D eigenvalue weighted by Crippen LogP contribution is 2.19. The number of rotatable bonds is 5. The predicted molar refractivity (Wildman–Crippen MR) is 102 cm³/mol. The molecule has 0 saturated carbocycles. The number of likely N-dealkylation sites (tertiary alicyclic amines) is 1. The summed E-state index contributed by atoms with van der Waals surface area (Å²) in [4.78, 5) is 23.8. The van der Waals surface area contributed by atoms with Crippen LogP contribution in [0.2, 0.25) is 0 Å². The van der Waals surface area contributed by atoms with E-state index in [4.69, 9.17) is 5.73 Å². The molecule has 3 N–H and O–H groups in total. The Morgan fingerprint density at radius 2 is 2.00 bits per heavy atom. The van der Waals surface area contributed by atoms with Gasteiger partial charge in [0.05, 0.1) is 12.6 Å². The van der Waals surface area contributed by atoms with Crippen molar-refractivity contribution in [1.82, 2.24) is 4.90 Å². The van der Waals surface area contributed by atoms with Crippen LogP contribution in [0.5, 0.6) is 0 Å². The van der Waals surface area contributed by atoms with E-state index in [0.717, 1.165) is 19.4 Å². The Balaban J connectivity index is 0.000000387. The van der Waals surface area contributed by atoms with Crippen molar-refractivity contribution in [2.24, 2.45) is 5.73 Å². The van der Waals surface area contributed by atoms with Crippen molar-refractivity contribution in [2.45, 2.75) is 64.5 Å². The first-order valence-electron chi connectivity index (χ1n) is 9.26. The molecule has 7 heteroatoms. The number of nitrogens with two attached hydrogens (primary N) is 1. The average Bonchev–Trinajstić information content (AvgIpc) is 3.03. The van der Waals surface area contributed by atoms with E-state index in [-0.39, 0.29) is 24.4 Å². The van der Waals surface area contributed by atoms with Crippen molar-refractivity contribution in [3.63, 3.8) is 0 Å². The number of aryl methyl sites for hydroxylation is 1. The van der Waals surface area contributed by atoms with Gasteiger partial charge >= 0.3 is 6.09 Å². The number of hydrogen-bond donors (Lipinski definition) is 2. The monoisotopic (exact) mass is 382 g/mol. The Morgan fingerprint density at radius 1 is 1.33 bits per heavy atom. The van der Waals surface area contributed by atoms with E-state index >= 15 is 0 Å². The van der Waals surface area contributed by atoms with Gasteiger partial charge < -0.3 is 20.5 Å². The minimum atomic E-state index is -0.725. The zero-order valence-corrected chi connectivity index (χ0v) is 16.4. The molecule has 1 atom stereocenters. The first kappa shape index (κ1) is 22.9. The van der Waals surface area contributed by atoms with Crippen LogP contribution in [0.3, 0.4) is 0 Å². The van der Waals surface area contributed by atoms with Gasteiger partial charge in [-0.05, 0) is 58.1 Å². The Hall–Kier alpha value is -2.15. The van der Waals surface area contributed by atoms with Crippen LogP contribution in [-0.4, -0.2) is 46.8 Å². The maximum Gasteiger partial charge on any atom is 0.405 e. The van der Waals surface area contributed by atoms with Crippen molar-refractivity contribution < 1.29 is 23.8 Å². The van der Waals surface area contributed by atoms with E-state index in [1.54, 1.807) is 37.8 Å². The second kappa shape index (κ2) is 10.9. The molecule has 1 saturated heterocycles. The highest BCUT2D eigenvalue weighted by atomic mass is 19.1. The molecule has 0 bridgehead atoms. The van der Waals surface area contributed by atoms with Gasteiger partial charge in [0.15, 0.2) is 0 Å². The molecule has 1 fully saturated rings. The summed E-state index contributed by atoms with van der Waals surface area (Å²) in [5, 5.41) is 9.18. The number of aliphatic hydroxyl groups excluding tert-OH is 1. The number of benzene rings is 1. The molecule has 2 rings (SSSR count). The summed E-state index contributed by atoms with van der Waals surface area (Å²) in [5.41, 5.74) is 4.93. The van der Waals surface area contributed by atoms with Gasteiger partial charge in [0.2, 0.25) is 5.91 Å². The third-order valence-corrected chi connectivity index (χ3v) is 4.11. The highest BCUT2D eigenvalue weighted by molar-refractivity contribution is 5.76. The Kier molecular flexibility index (Phi) is 9.21. The molecule has 0 aliphatic carbocycles. The standard InChI is InChI=1S/C15H20FNO2.C5H11NO2/c16-14-8-2-1-5-12(14)6-3-9-15(19)17-10-4-7-13(17)11-18;1-5(2,3)8-4(6)7/h1-2,5,8,13,18H,3-4,6-7,9-11H2;1-3H3,(H2,6,7)/t13-;/m0./s1. The summed E-state index contributed by atoms with van der Waals surface area (Å²) >= 11 is 0. The largest absolute Gasteiger partial charge is 0.444 e. The molecule has 0 radical (unpaired) electrons. The zero-order chi connectivity index (χ0) is 20.4. The molecule has 0 unspecified atom stereocenters. The van der Waals surface area contributed by atoms with Crippen molar-refractivity contribution in [2.75, 3.05) is 13.2 Å². The number of carbonyl (C=O) groups is 2. The van der Waals surface area contributed by atoms with Crippen molar-refractivity contribution in [3.05, 3.63) is 35.6 Å². The van der Waals surface area contributed by atoms with Crippen LogP contribution in [0.1, 0.15) is 52.0 Å². The summed E-state index contributed by atoms with van der Waals surface area (Å²) in [6.07, 6.45) is 2.77. The van der Waals surface area contributed by atoms with Gasteiger partial charge in [0.25, 0.3) is 0 Å². The fourth-order valence-electron chi connectivity index (χ4n) is 2.93. The minimum Gasteiger partial charge on any atom is -0.444 e.